The maximum atomic E-state index is 12.6. The van der Waals surface area contributed by atoms with Crippen LogP contribution in [0, 0.1) is 0 Å². The fourth-order valence-electron chi connectivity index (χ4n) is 2.47. The van der Waals surface area contributed by atoms with Crippen molar-refractivity contribution in [3.8, 4) is 5.88 Å². The predicted molar refractivity (Wildman–Crippen MR) is 107 cm³/mol. The first-order chi connectivity index (χ1) is 14.4. The first-order valence-electron chi connectivity index (χ1n) is 8.89. The second kappa shape index (κ2) is 9.19. The Bertz CT molecular complexity index is 1090. The van der Waals surface area contributed by atoms with Crippen LogP contribution in [0.15, 0.2) is 35.4 Å². The molecule has 31 heavy (non-hydrogen) atoms. The minimum atomic E-state index is -4.51. The van der Waals surface area contributed by atoms with Crippen LogP contribution in [0.3, 0.4) is 0 Å². The van der Waals surface area contributed by atoms with Crippen LogP contribution in [0.25, 0.3) is 0 Å². The summed E-state index contributed by atoms with van der Waals surface area (Å²) in [4.78, 5) is 16.0. The van der Waals surface area contributed by atoms with Crippen molar-refractivity contribution in [1.29, 1.82) is 0 Å². The fourth-order valence-corrected chi connectivity index (χ4v) is 4.63. The first kappa shape index (κ1) is 23.6. The predicted octanol–water partition coefficient (Wildman–Crippen LogP) is 3.70. The summed E-state index contributed by atoms with van der Waals surface area (Å²) in [5.74, 6) is -0.952. The highest BCUT2D eigenvalue weighted by Gasteiger charge is 2.30. The fraction of sp³-hybridized carbons (Fsp3) is 0.333. The second-order valence-electron chi connectivity index (χ2n) is 6.75. The van der Waals surface area contributed by atoms with Gasteiger partial charge < -0.3 is 10.1 Å². The largest absolute Gasteiger partial charge is 0.468 e. The number of carbonyl (C=O) groups excluding carboxylic acids is 1. The van der Waals surface area contributed by atoms with E-state index in [0.29, 0.717) is 5.56 Å². The number of alkyl halides is 3. The lowest BCUT2D eigenvalue weighted by Crippen LogP contribution is -2.27. The Morgan fingerprint density at radius 2 is 1.90 bits per heavy atom. The number of nitrogens with one attached hydrogen (secondary N) is 2. The van der Waals surface area contributed by atoms with Gasteiger partial charge in [-0.05, 0) is 36.6 Å². The molecule has 1 amide bonds. The maximum Gasteiger partial charge on any atom is 0.422 e. The molecule has 0 spiro atoms. The zero-order valence-electron chi connectivity index (χ0n) is 15.7. The summed E-state index contributed by atoms with van der Waals surface area (Å²) in [6.07, 6.45) is -1.84. The topological polar surface area (TPSA) is 97.4 Å². The van der Waals surface area contributed by atoms with Gasteiger partial charge in [0, 0.05) is 24.8 Å². The molecule has 168 valence electrons. The molecule has 3 rings (SSSR count). The minimum absolute atomic E-state index is 0.0585. The number of rotatable bonds is 8. The smallest absolute Gasteiger partial charge is 0.422 e. The van der Waals surface area contributed by atoms with Crippen LogP contribution in [0.1, 0.15) is 28.8 Å². The van der Waals surface area contributed by atoms with E-state index in [9.17, 15) is 26.4 Å². The number of carbonyl (C=O) groups is 1. The molecule has 7 nitrogen and oxygen atoms in total. The Balaban J connectivity index is 1.71. The van der Waals surface area contributed by atoms with E-state index in [2.05, 4.69) is 19.8 Å². The standard InChI is InChI=1S/C18H16Cl2F3N3O4S/c19-13-7-14(20)15(31(28,29)26-11-1-2-11)6-12(13)17(27)25-8-10-3-4-24-16(5-10)30-9-18(21,22)23/h3-7,11,26H,1-2,8-9H2,(H,25,27). The van der Waals surface area contributed by atoms with Crippen LogP contribution in [-0.2, 0) is 16.6 Å². The summed E-state index contributed by atoms with van der Waals surface area (Å²) in [5, 5.41) is 2.33. The van der Waals surface area contributed by atoms with Gasteiger partial charge in [-0.1, -0.05) is 23.2 Å². The normalized spacial score (nSPS) is 14.4. The van der Waals surface area contributed by atoms with Crippen molar-refractivity contribution >= 4 is 39.1 Å². The number of ether oxygens (including phenoxy) is 1. The summed E-state index contributed by atoms with van der Waals surface area (Å²) < 4.78 is 68.8. The minimum Gasteiger partial charge on any atom is -0.468 e. The zero-order valence-corrected chi connectivity index (χ0v) is 18.0. The quantitative estimate of drug-likeness (QED) is 0.579. The molecule has 2 N–H and O–H groups in total. The molecule has 13 heteroatoms. The van der Waals surface area contributed by atoms with Crippen LogP contribution in [0.2, 0.25) is 10.0 Å². The number of sulfonamides is 1. The number of hydrogen-bond donors (Lipinski definition) is 2. The van der Waals surface area contributed by atoms with E-state index in [0.717, 1.165) is 25.0 Å². The second-order valence-corrected chi connectivity index (χ2v) is 9.24. The molecule has 1 aliphatic carbocycles. The number of amides is 1. The van der Waals surface area contributed by atoms with Crippen molar-refractivity contribution < 1.29 is 31.1 Å². The van der Waals surface area contributed by atoms with Gasteiger partial charge in [-0.15, -0.1) is 0 Å². The lowest BCUT2D eigenvalue weighted by Gasteiger charge is -2.12. The molecule has 2 aromatic rings. The third-order valence-corrected chi connectivity index (χ3v) is 6.39. The van der Waals surface area contributed by atoms with Crippen molar-refractivity contribution in [3.63, 3.8) is 0 Å². The SMILES string of the molecule is O=C(NCc1ccnc(OCC(F)(F)F)c1)c1cc(S(=O)(=O)NC2CC2)c(Cl)cc1Cl. The van der Waals surface area contributed by atoms with E-state index < -0.39 is 28.7 Å². The molecule has 1 saturated carbocycles. The Kier molecular flexibility index (Phi) is 6.99. The molecule has 0 bridgehead atoms. The van der Waals surface area contributed by atoms with E-state index >= 15 is 0 Å². The van der Waals surface area contributed by atoms with Crippen LogP contribution in [-0.4, -0.2) is 38.1 Å². The Labute approximate surface area is 185 Å². The summed E-state index contributed by atoms with van der Waals surface area (Å²) >= 11 is 12.1. The molecule has 1 aliphatic rings. The summed E-state index contributed by atoms with van der Waals surface area (Å²) in [6.45, 7) is -1.59. The van der Waals surface area contributed by atoms with Gasteiger partial charge in [0.2, 0.25) is 15.9 Å². The van der Waals surface area contributed by atoms with Crippen molar-refractivity contribution in [1.82, 2.24) is 15.0 Å². The molecule has 1 heterocycles. The lowest BCUT2D eigenvalue weighted by molar-refractivity contribution is -0.154. The molecule has 1 aromatic carbocycles. The first-order valence-corrected chi connectivity index (χ1v) is 11.1. The van der Waals surface area contributed by atoms with E-state index in [1.807, 2.05) is 0 Å². The van der Waals surface area contributed by atoms with Crippen molar-refractivity contribution in [3.05, 3.63) is 51.6 Å². The Morgan fingerprint density at radius 3 is 2.55 bits per heavy atom. The molecular formula is C18H16Cl2F3N3O4S. The van der Waals surface area contributed by atoms with Gasteiger partial charge in [0.1, 0.15) is 4.90 Å². The van der Waals surface area contributed by atoms with Gasteiger partial charge in [0.15, 0.2) is 6.61 Å². The number of hydrogen-bond acceptors (Lipinski definition) is 5. The Morgan fingerprint density at radius 1 is 1.19 bits per heavy atom. The van der Waals surface area contributed by atoms with E-state index in [4.69, 9.17) is 23.2 Å². The van der Waals surface area contributed by atoms with Gasteiger partial charge in [0.25, 0.3) is 5.91 Å². The third kappa shape index (κ3) is 6.70. The molecule has 0 aliphatic heterocycles. The molecular weight excluding hydrogens is 482 g/mol. The maximum absolute atomic E-state index is 12.6. The number of nitrogens with zero attached hydrogens (tertiary/aromatic N) is 1. The highest BCUT2D eigenvalue weighted by atomic mass is 35.5. The zero-order chi connectivity index (χ0) is 22.8. The van der Waals surface area contributed by atoms with E-state index in [1.165, 1.54) is 18.3 Å². The average molecular weight is 498 g/mol. The molecule has 1 fully saturated rings. The third-order valence-electron chi connectivity index (χ3n) is 4.09. The van der Waals surface area contributed by atoms with Gasteiger partial charge in [0.05, 0.1) is 15.6 Å². The summed E-state index contributed by atoms with van der Waals surface area (Å²) in [7, 11) is -3.93. The molecule has 0 atom stereocenters. The number of benzene rings is 1. The van der Waals surface area contributed by atoms with Crippen LogP contribution < -0.4 is 14.8 Å². The van der Waals surface area contributed by atoms with E-state index in [1.54, 1.807) is 0 Å². The van der Waals surface area contributed by atoms with Gasteiger partial charge in [-0.25, -0.2) is 18.1 Å². The van der Waals surface area contributed by atoms with Crippen LogP contribution >= 0.6 is 23.2 Å². The summed E-state index contributed by atoms with van der Waals surface area (Å²) in [6, 6.07) is 4.80. The average Bonchev–Trinajstić information content (AvgIpc) is 3.47. The molecule has 1 aromatic heterocycles. The lowest BCUT2D eigenvalue weighted by atomic mass is 10.2. The number of pyridine rings is 1. The van der Waals surface area contributed by atoms with Gasteiger partial charge in [-0.3, -0.25) is 4.79 Å². The summed E-state index contributed by atoms with van der Waals surface area (Å²) in [5.41, 5.74) is 0.290. The molecule has 0 radical (unpaired) electrons. The highest BCUT2D eigenvalue weighted by Crippen LogP contribution is 2.30. The highest BCUT2D eigenvalue weighted by molar-refractivity contribution is 7.89. The number of halogens is 5. The van der Waals surface area contributed by atoms with Gasteiger partial charge >= 0.3 is 6.18 Å². The van der Waals surface area contributed by atoms with Crippen molar-refractivity contribution in [2.45, 2.75) is 36.5 Å². The molecule has 0 unspecified atom stereocenters. The monoisotopic (exact) mass is 497 g/mol. The molecule has 0 saturated heterocycles. The van der Waals surface area contributed by atoms with Crippen LogP contribution in [0.5, 0.6) is 5.88 Å². The van der Waals surface area contributed by atoms with Crippen LogP contribution in [0.4, 0.5) is 13.2 Å². The van der Waals surface area contributed by atoms with Crippen molar-refractivity contribution in [2.75, 3.05) is 6.61 Å². The number of aromatic nitrogens is 1. The van der Waals surface area contributed by atoms with E-state index in [-0.39, 0.29) is 39.0 Å². The van der Waals surface area contributed by atoms with Crippen molar-refractivity contribution in [2.24, 2.45) is 0 Å². The van der Waals surface area contributed by atoms with Gasteiger partial charge in [-0.2, -0.15) is 13.2 Å². The Hall–Kier alpha value is -2.08.